The van der Waals surface area contributed by atoms with E-state index in [2.05, 4.69) is 10.4 Å². The zero-order valence-electron chi connectivity index (χ0n) is 20.3. The van der Waals surface area contributed by atoms with Crippen LogP contribution in [0.15, 0.2) is 53.4 Å². The molecule has 1 N–H and O–H groups in total. The Labute approximate surface area is 213 Å². The quantitative estimate of drug-likeness (QED) is 0.386. The Hall–Kier alpha value is -3.28. The lowest BCUT2D eigenvalue weighted by atomic mass is 10.2. The molecule has 1 fully saturated rings. The predicted octanol–water partition coefficient (Wildman–Crippen LogP) is 4.29. The van der Waals surface area contributed by atoms with E-state index in [0.717, 1.165) is 15.8 Å². The van der Waals surface area contributed by atoms with E-state index >= 15 is 0 Å². The number of anilines is 1. The molecule has 5 rings (SSSR count). The van der Waals surface area contributed by atoms with Gasteiger partial charge in [0.1, 0.15) is 23.1 Å². The number of carbonyl (C=O) groups is 1. The summed E-state index contributed by atoms with van der Waals surface area (Å²) in [6, 6.07) is 13.4. The summed E-state index contributed by atoms with van der Waals surface area (Å²) < 4.78 is 36.1. The highest BCUT2D eigenvalue weighted by atomic mass is 32.2. The number of ether oxygens (including phenoxy) is 1. The standard InChI is InChI=1S/C25H27N5O4S2/c1-4-34-20-8-5-9-21-23(20)27-25(35-21)30-22(15-17(3)28-30)26-24(31)19-7-6-14-29(19)36(32,33)18-12-10-16(2)11-13-18/h5,8-13,15,19H,4,6-7,14H2,1-3H3,(H,26,31). The van der Waals surface area contributed by atoms with Crippen LogP contribution in [0.3, 0.4) is 0 Å². The van der Waals surface area contributed by atoms with Crippen molar-refractivity contribution in [3.05, 3.63) is 59.8 Å². The maximum atomic E-state index is 13.4. The maximum Gasteiger partial charge on any atom is 0.243 e. The molecule has 1 saturated heterocycles. The molecule has 9 nitrogen and oxygen atoms in total. The van der Waals surface area contributed by atoms with E-state index < -0.39 is 16.1 Å². The minimum absolute atomic E-state index is 0.188. The molecule has 0 saturated carbocycles. The Balaban J connectivity index is 1.43. The maximum absolute atomic E-state index is 13.4. The number of hydrogen-bond donors (Lipinski definition) is 1. The molecule has 1 unspecified atom stereocenters. The minimum atomic E-state index is -3.80. The molecule has 1 aliphatic heterocycles. The van der Waals surface area contributed by atoms with Crippen molar-refractivity contribution >= 4 is 43.3 Å². The fourth-order valence-electron chi connectivity index (χ4n) is 4.35. The summed E-state index contributed by atoms with van der Waals surface area (Å²) in [7, 11) is -3.80. The number of benzene rings is 2. The molecule has 188 valence electrons. The summed E-state index contributed by atoms with van der Waals surface area (Å²) in [5.41, 5.74) is 2.40. The minimum Gasteiger partial charge on any atom is -0.492 e. The number of para-hydroxylation sites is 1. The Bertz CT molecular complexity index is 1530. The molecule has 11 heteroatoms. The summed E-state index contributed by atoms with van der Waals surface area (Å²) in [6.45, 7) is 6.47. The van der Waals surface area contributed by atoms with Crippen LogP contribution < -0.4 is 10.1 Å². The van der Waals surface area contributed by atoms with Gasteiger partial charge in [0, 0.05) is 12.6 Å². The number of nitrogens with zero attached hydrogens (tertiary/aromatic N) is 4. The first-order valence-corrected chi connectivity index (χ1v) is 14.0. The van der Waals surface area contributed by atoms with Gasteiger partial charge < -0.3 is 10.1 Å². The molecule has 36 heavy (non-hydrogen) atoms. The molecule has 0 spiro atoms. The summed E-state index contributed by atoms with van der Waals surface area (Å²) in [5, 5.41) is 8.02. The van der Waals surface area contributed by atoms with Crippen LogP contribution in [0.1, 0.15) is 31.0 Å². The molecule has 1 atom stereocenters. The normalized spacial score (nSPS) is 16.5. The lowest BCUT2D eigenvalue weighted by Crippen LogP contribution is -2.43. The highest BCUT2D eigenvalue weighted by Gasteiger charge is 2.39. The van der Waals surface area contributed by atoms with Crippen LogP contribution in [0.5, 0.6) is 5.75 Å². The molecule has 0 aliphatic carbocycles. The number of fused-ring (bicyclic) bond motifs is 1. The summed E-state index contributed by atoms with van der Waals surface area (Å²) in [5.74, 6) is 0.740. The second kappa shape index (κ2) is 9.64. The van der Waals surface area contributed by atoms with Gasteiger partial charge in [-0.2, -0.15) is 14.1 Å². The van der Waals surface area contributed by atoms with Crippen LogP contribution in [0.25, 0.3) is 15.3 Å². The van der Waals surface area contributed by atoms with E-state index in [1.54, 1.807) is 35.0 Å². The van der Waals surface area contributed by atoms with Crippen molar-refractivity contribution in [2.75, 3.05) is 18.5 Å². The van der Waals surface area contributed by atoms with Crippen molar-refractivity contribution in [2.24, 2.45) is 0 Å². The monoisotopic (exact) mass is 525 g/mol. The fourth-order valence-corrected chi connectivity index (χ4v) is 6.96. The molecule has 2 aromatic carbocycles. The van der Waals surface area contributed by atoms with Crippen molar-refractivity contribution in [3.63, 3.8) is 0 Å². The van der Waals surface area contributed by atoms with Gasteiger partial charge in [-0.15, -0.1) is 0 Å². The number of thiazole rings is 1. The zero-order valence-corrected chi connectivity index (χ0v) is 21.9. The molecule has 2 aromatic heterocycles. The number of hydrogen-bond acceptors (Lipinski definition) is 7. The number of carbonyl (C=O) groups excluding carboxylic acids is 1. The van der Waals surface area contributed by atoms with Crippen molar-refractivity contribution in [2.45, 2.75) is 44.6 Å². The number of rotatable bonds is 7. The smallest absolute Gasteiger partial charge is 0.243 e. The molecule has 3 heterocycles. The first kappa shape index (κ1) is 24.4. The number of aryl methyl sites for hydroxylation is 2. The van der Waals surface area contributed by atoms with E-state index in [1.165, 1.54) is 15.6 Å². The van der Waals surface area contributed by atoms with E-state index in [9.17, 15) is 13.2 Å². The predicted molar refractivity (Wildman–Crippen MR) is 139 cm³/mol. The van der Waals surface area contributed by atoms with Gasteiger partial charge in [0.2, 0.25) is 21.1 Å². The van der Waals surface area contributed by atoms with Gasteiger partial charge in [-0.1, -0.05) is 35.1 Å². The SMILES string of the molecule is CCOc1cccc2sc(-n3nc(C)cc3NC(=O)C3CCCN3S(=O)(=O)c3ccc(C)cc3)nc12. The van der Waals surface area contributed by atoms with E-state index in [0.29, 0.717) is 48.4 Å². The fraction of sp³-hybridized carbons (Fsp3) is 0.320. The molecule has 0 radical (unpaired) electrons. The summed E-state index contributed by atoms with van der Waals surface area (Å²) >= 11 is 1.43. The van der Waals surface area contributed by atoms with Crippen LogP contribution in [0, 0.1) is 13.8 Å². The Kier molecular flexibility index (Phi) is 6.54. The average molecular weight is 526 g/mol. The van der Waals surface area contributed by atoms with Crippen molar-refractivity contribution in [1.29, 1.82) is 0 Å². The second-order valence-corrected chi connectivity index (χ2v) is 11.6. The third-order valence-corrected chi connectivity index (χ3v) is 8.99. The first-order chi connectivity index (χ1) is 17.3. The van der Waals surface area contributed by atoms with Crippen LogP contribution in [-0.4, -0.2) is 52.6 Å². The lowest BCUT2D eigenvalue weighted by Gasteiger charge is -2.23. The number of amides is 1. The van der Waals surface area contributed by atoms with Crippen molar-refractivity contribution in [1.82, 2.24) is 19.1 Å². The highest BCUT2D eigenvalue weighted by molar-refractivity contribution is 7.89. The molecule has 1 aliphatic rings. The van der Waals surface area contributed by atoms with Gasteiger partial charge >= 0.3 is 0 Å². The van der Waals surface area contributed by atoms with Gasteiger partial charge in [0.25, 0.3) is 0 Å². The van der Waals surface area contributed by atoms with Crippen LogP contribution >= 0.6 is 11.3 Å². The third-order valence-electron chi connectivity index (χ3n) is 6.07. The zero-order chi connectivity index (χ0) is 25.4. The van der Waals surface area contributed by atoms with E-state index in [1.807, 2.05) is 39.0 Å². The highest BCUT2D eigenvalue weighted by Crippen LogP contribution is 2.33. The Morgan fingerprint density at radius 1 is 1.19 bits per heavy atom. The number of aromatic nitrogens is 3. The van der Waals surface area contributed by atoms with Crippen LogP contribution in [0.4, 0.5) is 5.82 Å². The van der Waals surface area contributed by atoms with Gasteiger partial charge in [0.05, 0.1) is 21.9 Å². The number of sulfonamides is 1. The Morgan fingerprint density at radius 2 is 1.97 bits per heavy atom. The molecular formula is C25H27N5O4S2. The summed E-state index contributed by atoms with van der Waals surface area (Å²) in [6.07, 6.45) is 1.06. The molecule has 0 bridgehead atoms. The second-order valence-electron chi connectivity index (χ2n) is 8.69. The summed E-state index contributed by atoms with van der Waals surface area (Å²) in [4.78, 5) is 18.3. The van der Waals surface area contributed by atoms with Crippen molar-refractivity contribution in [3.8, 4) is 10.9 Å². The van der Waals surface area contributed by atoms with E-state index in [-0.39, 0.29) is 10.8 Å². The van der Waals surface area contributed by atoms with Crippen LogP contribution in [-0.2, 0) is 14.8 Å². The van der Waals surface area contributed by atoms with Gasteiger partial charge in [-0.25, -0.2) is 13.4 Å². The topological polar surface area (TPSA) is 106 Å². The Morgan fingerprint density at radius 3 is 2.72 bits per heavy atom. The van der Waals surface area contributed by atoms with Gasteiger partial charge in [-0.05, 0) is 57.9 Å². The van der Waals surface area contributed by atoms with E-state index in [4.69, 9.17) is 9.72 Å². The molecular weight excluding hydrogens is 498 g/mol. The van der Waals surface area contributed by atoms with Gasteiger partial charge in [-0.3, -0.25) is 4.79 Å². The van der Waals surface area contributed by atoms with Crippen LogP contribution in [0.2, 0.25) is 0 Å². The first-order valence-electron chi connectivity index (χ1n) is 11.8. The average Bonchev–Trinajstić information content (AvgIpc) is 3.58. The van der Waals surface area contributed by atoms with Crippen molar-refractivity contribution < 1.29 is 17.9 Å². The molecule has 4 aromatic rings. The lowest BCUT2D eigenvalue weighted by molar-refractivity contribution is -0.119. The number of nitrogens with one attached hydrogen (secondary N) is 1. The third kappa shape index (κ3) is 4.49. The molecule has 1 amide bonds. The van der Waals surface area contributed by atoms with Gasteiger partial charge in [0.15, 0.2) is 0 Å². The largest absolute Gasteiger partial charge is 0.492 e.